The molecule has 6 rings (SSSR count). The number of ketones is 1. The van der Waals surface area contributed by atoms with Crippen molar-refractivity contribution in [1.82, 2.24) is 0 Å². The minimum absolute atomic E-state index is 0.0888. The Morgan fingerprint density at radius 1 is 0.867 bits per heavy atom. The van der Waals surface area contributed by atoms with Gasteiger partial charge in [-0.3, -0.25) is 4.79 Å². The predicted octanol–water partition coefficient (Wildman–Crippen LogP) is 4.62. The smallest absolute Gasteiger partial charge is 0.338 e. The molecule has 0 fully saturated rings. The van der Waals surface area contributed by atoms with Gasteiger partial charge in [0, 0.05) is 5.56 Å². The molecule has 30 heavy (non-hydrogen) atoms. The Balaban J connectivity index is 1.45. The van der Waals surface area contributed by atoms with Crippen LogP contribution < -0.4 is 0 Å². The van der Waals surface area contributed by atoms with E-state index in [1.54, 1.807) is 6.92 Å². The summed E-state index contributed by atoms with van der Waals surface area (Å²) in [4.78, 5) is 25.4. The number of allylic oxidation sites excluding steroid dienone is 1. The molecule has 2 aromatic rings. The Bertz CT molecular complexity index is 1180. The van der Waals surface area contributed by atoms with E-state index in [4.69, 9.17) is 4.74 Å². The van der Waals surface area contributed by atoms with Gasteiger partial charge in [-0.15, -0.1) is 0 Å². The molecule has 0 aliphatic heterocycles. The van der Waals surface area contributed by atoms with Crippen molar-refractivity contribution in [3.05, 3.63) is 73.8 Å². The van der Waals surface area contributed by atoms with Gasteiger partial charge in [-0.2, -0.15) is 0 Å². The highest BCUT2D eigenvalue weighted by Crippen LogP contribution is 2.51. The van der Waals surface area contributed by atoms with Gasteiger partial charge in [0.2, 0.25) is 0 Å². The van der Waals surface area contributed by atoms with Gasteiger partial charge in [0.1, 0.15) is 0 Å². The summed E-state index contributed by atoms with van der Waals surface area (Å²) in [5, 5.41) is 0. The van der Waals surface area contributed by atoms with Crippen molar-refractivity contribution in [2.75, 3.05) is 7.11 Å². The second kappa shape index (κ2) is 6.16. The van der Waals surface area contributed by atoms with E-state index >= 15 is 0 Å². The lowest BCUT2D eigenvalue weighted by Gasteiger charge is -2.22. The molecule has 2 aromatic carbocycles. The minimum Gasteiger partial charge on any atom is -0.465 e. The van der Waals surface area contributed by atoms with Gasteiger partial charge >= 0.3 is 5.97 Å². The van der Waals surface area contributed by atoms with Crippen molar-refractivity contribution in [3.8, 4) is 0 Å². The monoisotopic (exact) mass is 398 g/mol. The Hall–Kier alpha value is -2.68. The van der Waals surface area contributed by atoms with Crippen LogP contribution in [-0.2, 0) is 49.7 Å². The lowest BCUT2D eigenvalue weighted by Crippen LogP contribution is -2.22. The summed E-state index contributed by atoms with van der Waals surface area (Å²) < 4.78 is 5.19. The maximum atomic E-state index is 12.7. The minimum atomic E-state index is -0.206. The first-order chi connectivity index (χ1) is 14.5. The van der Waals surface area contributed by atoms with Crippen LogP contribution in [0.4, 0.5) is 0 Å². The first kappa shape index (κ1) is 18.1. The summed E-state index contributed by atoms with van der Waals surface area (Å²) in [6.45, 7) is 1.73. The van der Waals surface area contributed by atoms with E-state index in [9.17, 15) is 9.59 Å². The summed E-state index contributed by atoms with van der Waals surface area (Å²) in [6.07, 6.45) is 12.2. The zero-order valence-electron chi connectivity index (χ0n) is 17.7. The van der Waals surface area contributed by atoms with Crippen LogP contribution in [0, 0.1) is 5.41 Å². The van der Waals surface area contributed by atoms with Crippen molar-refractivity contribution in [3.63, 3.8) is 0 Å². The summed E-state index contributed by atoms with van der Waals surface area (Å²) >= 11 is 0. The third-order valence-corrected chi connectivity index (χ3v) is 7.86. The number of aryl methyl sites for hydroxylation is 1. The first-order valence-corrected chi connectivity index (χ1v) is 11.1. The van der Waals surface area contributed by atoms with Crippen LogP contribution in [-0.4, -0.2) is 18.9 Å². The molecular formula is C27H26O3. The molecule has 1 unspecified atom stereocenters. The number of benzene rings is 2. The van der Waals surface area contributed by atoms with E-state index in [-0.39, 0.29) is 17.2 Å². The maximum Gasteiger partial charge on any atom is 0.338 e. The molecule has 0 radical (unpaired) electrons. The first-order valence-electron chi connectivity index (χ1n) is 11.1. The van der Waals surface area contributed by atoms with Crippen LogP contribution >= 0.6 is 0 Å². The van der Waals surface area contributed by atoms with E-state index in [0.29, 0.717) is 0 Å². The lowest BCUT2D eigenvalue weighted by atomic mass is 9.81. The number of carbonyl (C=O) groups is 2. The van der Waals surface area contributed by atoms with E-state index in [1.807, 2.05) is 0 Å². The number of hydrogen-bond donors (Lipinski definition) is 0. The molecule has 152 valence electrons. The van der Waals surface area contributed by atoms with Crippen LogP contribution in [0.3, 0.4) is 0 Å². The van der Waals surface area contributed by atoms with Gasteiger partial charge in [-0.25, -0.2) is 4.79 Å². The standard InChI is InChI=1S/C27H26O3/c1-15(28)24-20-7-3-5-16(20)9-18-11-27(13-22(18)24)12-19-10-17-6-4-8-21(17)25(23(19)14-27)26(29)30-2/h4,6,9-10H,3,5,7-8,11-14H2,1-2H3. The molecule has 0 saturated carbocycles. The molecule has 1 spiro atoms. The highest BCUT2D eigenvalue weighted by molar-refractivity contribution is 5.98. The molecule has 4 aliphatic carbocycles. The van der Waals surface area contributed by atoms with Crippen molar-refractivity contribution >= 4 is 17.8 Å². The van der Waals surface area contributed by atoms with Gasteiger partial charge in [0.05, 0.1) is 12.7 Å². The summed E-state index contributed by atoms with van der Waals surface area (Å²) in [6, 6.07) is 4.69. The number of methoxy groups -OCH3 is 1. The van der Waals surface area contributed by atoms with Crippen molar-refractivity contribution < 1.29 is 14.3 Å². The van der Waals surface area contributed by atoms with Crippen LogP contribution in [0.5, 0.6) is 0 Å². The zero-order valence-corrected chi connectivity index (χ0v) is 17.7. The largest absolute Gasteiger partial charge is 0.465 e. The molecule has 0 heterocycles. The van der Waals surface area contributed by atoms with Crippen molar-refractivity contribution in [2.24, 2.45) is 5.41 Å². The van der Waals surface area contributed by atoms with Gasteiger partial charge in [-0.1, -0.05) is 24.3 Å². The van der Waals surface area contributed by atoms with Crippen molar-refractivity contribution in [1.29, 1.82) is 0 Å². The van der Waals surface area contributed by atoms with E-state index in [2.05, 4.69) is 24.3 Å². The number of ether oxygens (including phenoxy) is 1. The zero-order chi connectivity index (χ0) is 20.6. The fourth-order valence-corrected chi connectivity index (χ4v) is 6.80. The Labute approximate surface area is 177 Å². The third-order valence-electron chi connectivity index (χ3n) is 7.86. The van der Waals surface area contributed by atoms with Crippen molar-refractivity contribution in [2.45, 2.75) is 58.3 Å². The molecule has 0 N–H and O–H groups in total. The Kier molecular flexibility index (Phi) is 3.72. The van der Waals surface area contributed by atoms with E-state index in [1.165, 1.54) is 46.1 Å². The Morgan fingerprint density at radius 3 is 2.33 bits per heavy atom. The van der Waals surface area contributed by atoms with Gasteiger partial charge in [0.15, 0.2) is 5.78 Å². The predicted molar refractivity (Wildman–Crippen MR) is 116 cm³/mol. The van der Waals surface area contributed by atoms with Crippen LogP contribution in [0.15, 0.2) is 18.2 Å². The SMILES string of the molecule is COC(=O)c1c2c(cc3c1CC1(C3)Cc3cc4c(c(C(C)=O)c3C1)CCC4)C=CC2. The molecule has 0 saturated heterocycles. The average molecular weight is 399 g/mol. The number of carbonyl (C=O) groups excluding carboxylic acids is 2. The van der Waals surface area contributed by atoms with Gasteiger partial charge in [-0.05, 0) is 108 Å². The van der Waals surface area contributed by atoms with Crippen LogP contribution in [0.1, 0.15) is 78.6 Å². The highest BCUT2D eigenvalue weighted by Gasteiger charge is 2.46. The highest BCUT2D eigenvalue weighted by atomic mass is 16.5. The molecule has 0 aromatic heterocycles. The van der Waals surface area contributed by atoms with Crippen LogP contribution in [0.2, 0.25) is 0 Å². The molecule has 1 atom stereocenters. The lowest BCUT2D eigenvalue weighted by molar-refractivity contribution is 0.0598. The fraction of sp³-hybridized carbons (Fsp3) is 0.407. The quantitative estimate of drug-likeness (QED) is 0.548. The summed E-state index contributed by atoms with van der Waals surface area (Å²) in [5.74, 6) is 0.0136. The molecule has 4 aliphatic rings. The molecule has 3 heteroatoms. The average Bonchev–Trinajstić information content (AvgIpc) is 3.47. The van der Waals surface area contributed by atoms with E-state index in [0.717, 1.165) is 68.1 Å². The third kappa shape index (κ3) is 2.38. The molecule has 0 amide bonds. The second-order valence-electron chi connectivity index (χ2n) is 9.70. The number of hydrogen-bond acceptors (Lipinski definition) is 3. The number of fused-ring (bicyclic) bond motifs is 4. The summed E-state index contributed by atoms with van der Waals surface area (Å²) in [7, 11) is 1.48. The van der Waals surface area contributed by atoms with Crippen LogP contribution in [0.25, 0.3) is 6.08 Å². The molecular weight excluding hydrogens is 372 g/mol. The second-order valence-corrected chi connectivity index (χ2v) is 9.70. The Morgan fingerprint density at radius 2 is 1.60 bits per heavy atom. The fourth-order valence-electron chi connectivity index (χ4n) is 6.80. The number of Topliss-reactive ketones (excluding diaryl/α,β-unsaturated/α-hetero) is 1. The normalized spacial score (nSPS) is 22.2. The molecule has 3 nitrogen and oxygen atoms in total. The maximum absolute atomic E-state index is 12.7. The molecule has 0 bridgehead atoms. The number of rotatable bonds is 2. The summed E-state index contributed by atoms with van der Waals surface area (Å²) in [5.41, 5.74) is 12.1. The van der Waals surface area contributed by atoms with Gasteiger partial charge < -0.3 is 4.74 Å². The van der Waals surface area contributed by atoms with Gasteiger partial charge in [0.25, 0.3) is 0 Å². The van der Waals surface area contributed by atoms with E-state index < -0.39 is 0 Å². The number of esters is 1. The topological polar surface area (TPSA) is 43.4 Å².